The number of piperazine rings is 1. The summed E-state index contributed by atoms with van der Waals surface area (Å²) in [6, 6.07) is 8.65. The van der Waals surface area contributed by atoms with E-state index in [0.29, 0.717) is 48.7 Å². The number of nitrogens with zero attached hydrogens (tertiary/aromatic N) is 6. The fraction of sp³-hybridized carbons (Fsp3) is 0.519. The van der Waals surface area contributed by atoms with Crippen LogP contribution in [0.2, 0.25) is 0 Å². The normalized spacial score (nSPS) is 19.5. The van der Waals surface area contributed by atoms with Gasteiger partial charge in [-0.25, -0.2) is 33.0 Å². The Balaban J connectivity index is 1.05. The minimum Gasteiger partial charge on any atom is -0.465 e. The summed E-state index contributed by atoms with van der Waals surface area (Å²) in [7, 11) is 0. The molecule has 6 atom stereocenters. The number of aliphatic hydroxyl groups excluding tert-OH is 1. The van der Waals surface area contributed by atoms with Gasteiger partial charge >= 0.3 is 24.9 Å². The molecule has 6 N–H and O–H groups in total. The number of carboxylic acid groups (broad SMARTS) is 1. The van der Waals surface area contributed by atoms with Gasteiger partial charge in [0.1, 0.15) is 29.5 Å². The number of hydrazine groups is 1. The number of anilines is 1. The minimum absolute atomic E-state index is 0.107. The molecule has 6 unspecified atom stereocenters. The molecule has 2 aromatic carbocycles. The van der Waals surface area contributed by atoms with Gasteiger partial charge in [0, 0.05) is 72.9 Å². The number of carbonyl (C=O) groups is 4. The van der Waals surface area contributed by atoms with Crippen LogP contribution in [0.15, 0.2) is 67.0 Å². The molecule has 4 saturated heterocycles. The van der Waals surface area contributed by atoms with E-state index in [1.54, 1.807) is 56.6 Å². The van der Waals surface area contributed by atoms with Crippen LogP contribution in [0, 0.1) is 34.3 Å². The Morgan fingerprint density at radius 2 is 1.45 bits per heavy atom. The van der Waals surface area contributed by atoms with Crippen molar-refractivity contribution in [1.82, 2.24) is 46.0 Å². The van der Waals surface area contributed by atoms with Crippen LogP contribution in [-0.2, 0) is 36.8 Å². The topological polar surface area (TPSA) is 225 Å². The predicted molar refractivity (Wildman–Crippen MR) is 273 cm³/mol. The Hall–Kier alpha value is -7.05. The molecule has 4 amide bonds. The lowest BCUT2D eigenvalue weighted by molar-refractivity contribution is -0.220. The van der Waals surface area contributed by atoms with Gasteiger partial charge in [0.15, 0.2) is 6.10 Å². The van der Waals surface area contributed by atoms with Crippen LogP contribution in [0.5, 0.6) is 0 Å². The molecular weight excluding hydrogens is 1070 g/mol. The van der Waals surface area contributed by atoms with Gasteiger partial charge in [-0.2, -0.15) is 27.1 Å². The van der Waals surface area contributed by atoms with E-state index in [1.165, 1.54) is 0 Å². The number of hydrogen-bond donors (Lipinski definition) is 6. The molecule has 4 aliphatic heterocycles. The molecule has 6 heterocycles. The lowest BCUT2D eigenvalue weighted by Crippen LogP contribution is -2.63. The molecule has 0 saturated carbocycles. The van der Waals surface area contributed by atoms with Crippen molar-refractivity contribution in [3.05, 3.63) is 101 Å². The van der Waals surface area contributed by atoms with E-state index in [2.05, 4.69) is 42.8 Å². The first kappa shape index (κ1) is 59.1. The van der Waals surface area contributed by atoms with Crippen molar-refractivity contribution >= 4 is 29.8 Å². The van der Waals surface area contributed by atoms with Gasteiger partial charge in [0.2, 0.25) is 5.91 Å². The number of halogens is 7. The van der Waals surface area contributed by atoms with Gasteiger partial charge in [0.25, 0.3) is 5.91 Å². The molecule has 432 valence electrons. The summed E-state index contributed by atoms with van der Waals surface area (Å²) < 4.78 is 118. The molecule has 0 radical (unpaired) electrons. The number of alkyl carbamates (subject to hydrolysis) is 1. The van der Waals surface area contributed by atoms with Crippen molar-refractivity contribution in [2.24, 2.45) is 10.8 Å². The summed E-state index contributed by atoms with van der Waals surface area (Å²) in [6.07, 6.45) is -6.22. The Bertz CT molecular complexity index is 2890. The molecule has 4 aromatic rings. The molecule has 0 aliphatic carbocycles. The van der Waals surface area contributed by atoms with Gasteiger partial charge in [-0.1, -0.05) is 44.7 Å². The summed E-state index contributed by atoms with van der Waals surface area (Å²) in [5.41, 5.74) is -1.32. The van der Waals surface area contributed by atoms with Crippen LogP contribution in [-0.4, -0.2) is 160 Å². The van der Waals surface area contributed by atoms with Crippen molar-refractivity contribution in [2.45, 2.75) is 122 Å². The van der Waals surface area contributed by atoms with Gasteiger partial charge in [0.05, 0.1) is 55.7 Å². The first-order chi connectivity index (χ1) is 37.7. The number of nitrogens with one attached hydrogen (secondary N) is 4. The summed E-state index contributed by atoms with van der Waals surface area (Å²) in [4.78, 5) is 62.7. The van der Waals surface area contributed by atoms with Crippen molar-refractivity contribution < 1.29 is 74.3 Å². The highest BCUT2D eigenvalue weighted by Crippen LogP contribution is 2.41. The van der Waals surface area contributed by atoms with Crippen LogP contribution in [0.3, 0.4) is 0 Å². The molecule has 4 aliphatic rings. The van der Waals surface area contributed by atoms with Crippen molar-refractivity contribution in [3.8, 4) is 23.1 Å². The number of aliphatic hydroxyl groups is 1. The minimum atomic E-state index is -5.15. The number of pyridine rings is 1. The maximum atomic E-state index is 16.1. The molecule has 2 bridgehead atoms. The van der Waals surface area contributed by atoms with Crippen LogP contribution in [0.1, 0.15) is 76.3 Å². The van der Waals surface area contributed by atoms with Crippen LogP contribution in [0.4, 0.5) is 46.1 Å². The zero-order valence-corrected chi connectivity index (χ0v) is 44.4. The van der Waals surface area contributed by atoms with Gasteiger partial charge in [-0.05, 0) is 86.6 Å². The van der Waals surface area contributed by atoms with E-state index in [9.17, 15) is 51.3 Å². The van der Waals surface area contributed by atoms with Gasteiger partial charge in [-0.15, -0.1) is 0 Å². The highest BCUT2D eigenvalue weighted by Gasteiger charge is 2.56. The second-order valence-corrected chi connectivity index (χ2v) is 22.0. The van der Waals surface area contributed by atoms with Gasteiger partial charge < -0.3 is 45.3 Å². The van der Waals surface area contributed by atoms with Crippen LogP contribution in [0.25, 0.3) is 11.3 Å². The summed E-state index contributed by atoms with van der Waals surface area (Å²) in [5, 5.41) is 32.7. The monoisotopic (exact) mass is 1130 g/mol. The van der Waals surface area contributed by atoms with Crippen molar-refractivity contribution in [1.29, 1.82) is 0 Å². The quantitative estimate of drug-likeness (QED) is 0.0374. The number of carbonyl (C=O) groups excluding carboxylic acids is 3. The van der Waals surface area contributed by atoms with Crippen LogP contribution < -0.4 is 26.3 Å². The van der Waals surface area contributed by atoms with E-state index in [-0.39, 0.29) is 35.6 Å². The number of hydrogen-bond acceptors (Lipinski definition) is 13. The van der Waals surface area contributed by atoms with E-state index in [4.69, 9.17) is 19.2 Å². The number of benzene rings is 2. The SMILES string of the molecule is CC(C)(C)C(NC(=O)OC1COC1)C(=O)NN(Cc1c(F)cc(-c2ccn(C(F)F)n2)cc1F)CC(O)C(Cc1ccc(C#Cc2ccc(N3CC4CCC(C3)N4C3COC3)nc2)cc1)NC(=O)C(NC(=O)O)C(C)(C)C(F)(F)F. The third kappa shape index (κ3) is 14.1. The number of rotatable bonds is 19. The molecule has 80 heavy (non-hydrogen) atoms. The highest BCUT2D eigenvalue weighted by atomic mass is 19.4. The second kappa shape index (κ2) is 24.4. The average molecular weight is 1130 g/mol. The highest BCUT2D eigenvalue weighted by molar-refractivity contribution is 5.87. The summed E-state index contributed by atoms with van der Waals surface area (Å²) in [6.45, 7) is 4.61. The molecule has 8 rings (SSSR count). The molecule has 2 aromatic heterocycles. The van der Waals surface area contributed by atoms with E-state index < -0.39 is 108 Å². The zero-order valence-electron chi connectivity index (χ0n) is 44.4. The number of fused-ring (bicyclic) bond motifs is 2. The number of ether oxygens (including phenoxy) is 3. The van der Waals surface area contributed by atoms with E-state index in [0.717, 1.165) is 74.4 Å². The Morgan fingerprint density at radius 3 is 1.98 bits per heavy atom. The third-order valence-corrected chi connectivity index (χ3v) is 14.7. The maximum Gasteiger partial charge on any atom is 0.408 e. The molecule has 0 spiro atoms. The summed E-state index contributed by atoms with van der Waals surface area (Å²) in [5.74, 6) is 1.97. The second-order valence-electron chi connectivity index (χ2n) is 22.0. The number of amides is 4. The van der Waals surface area contributed by atoms with Crippen molar-refractivity contribution in [3.63, 3.8) is 0 Å². The Kier molecular flexibility index (Phi) is 18.0. The molecule has 19 nitrogen and oxygen atoms in total. The molecule has 26 heteroatoms. The van der Waals surface area contributed by atoms with E-state index in [1.807, 2.05) is 12.1 Å². The Labute approximate surface area is 456 Å². The Morgan fingerprint density at radius 1 is 0.825 bits per heavy atom. The first-order valence-corrected chi connectivity index (χ1v) is 25.9. The van der Waals surface area contributed by atoms with Crippen LogP contribution >= 0.6 is 0 Å². The fourth-order valence-corrected chi connectivity index (χ4v) is 9.97. The van der Waals surface area contributed by atoms with E-state index >= 15 is 8.78 Å². The van der Waals surface area contributed by atoms with Gasteiger partial charge in [-0.3, -0.25) is 19.9 Å². The molecule has 4 fully saturated rings. The standard InChI is InChI=1S/C54H63F7N10O9/c1-52(2,3)45(65-51(77)80-37-28-79-29-37)48(74)67-69(24-38-39(55)19-33(20-40(38)56)41-16-17-70(66-41)49(57)58)25-43(72)42(63-47(73)46(64-50(75)76)53(4,5)54(59,60)61)18-31-9-6-30(7-10-31)8-11-32-12-15-44(62-21-32)68-22-34-13-14-35(23-68)71(34)36-26-78-27-36/h6-7,9-10,12,15-17,19-21,34-37,42-43,45-46,49,64,72H,13-14,18,22-29H2,1-5H3,(H,63,73)(H,65,77)(H,67,74)(H,75,76). The lowest BCUT2D eigenvalue weighted by Gasteiger charge is -2.47. The third-order valence-electron chi connectivity index (χ3n) is 14.7. The predicted octanol–water partition coefficient (Wildman–Crippen LogP) is 5.76. The number of aromatic nitrogens is 3. The average Bonchev–Trinajstić information content (AvgIpc) is 3.96. The number of alkyl halides is 5. The lowest BCUT2D eigenvalue weighted by atomic mass is 9.82. The zero-order chi connectivity index (χ0) is 57.8. The maximum absolute atomic E-state index is 16.1. The fourth-order valence-electron chi connectivity index (χ4n) is 9.97. The smallest absolute Gasteiger partial charge is 0.408 e. The first-order valence-electron chi connectivity index (χ1n) is 25.9. The molecular formula is C54H63F7N10O9. The van der Waals surface area contributed by atoms with Crippen molar-refractivity contribution in [2.75, 3.05) is 51.0 Å². The largest absolute Gasteiger partial charge is 0.465 e. The summed E-state index contributed by atoms with van der Waals surface area (Å²) >= 11 is 0.